The lowest BCUT2D eigenvalue weighted by Crippen LogP contribution is -2.55. The van der Waals surface area contributed by atoms with E-state index in [1.165, 1.54) is 11.6 Å². The zero-order chi connectivity index (χ0) is 35.0. The molecule has 50 heavy (non-hydrogen) atoms. The number of hydrogen-bond donors (Lipinski definition) is 4. The second kappa shape index (κ2) is 17.5. The molecule has 2 aromatic rings. The molecular formula is C37H54ClFN8O3. The van der Waals surface area contributed by atoms with Crippen molar-refractivity contribution in [3.8, 4) is 5.75 Å². The summed E-state index contributed by atoms with van der Waals surface area (Å²) in [6, 6.07) is 10.5. The molecule has 4 heterocycles. The number of ether oxygens (including phenoxy) is 1. The molecule has 13 heteroatoms. The molecule has 3 atom stereocenters. The molecule has 2 amide bonds. The van der Waals surface area contributed by atoms with Gasteiger partial charge in [-0.2, -0.15) is 0 Å². The first-order chi connectivity index (χ1) is 24.3. The lowest BCUT2D eigenvalue weighted by molar-refractivity contribution is -0.136. The Morgan fingerprint density at radius 2 is 1.78 bits per heavy atom. The molecule has 0 radical (unpaired) electrons. The number of amides is 2. The van der Waals surface area contributed by atoms with Crippen LogP contribution >= 0.6 is 11.6 Å². The Balaban J connectivity index is 0.933. The Bertz CT molecular complexity index is 1450. The largest absolute Gasteiger partial charge is 0.493 e. The minimum atomic E-state index is -0.508. The molecule has 0 saturated carbocycles. The van der Waals surface area contributed by atoms with Crippen molar-refractivity contribution in [3.05, 3.63) is 58.4 Å². The van der Waals surface area contributed by atoms with Gasteiger partial charge in [-0.15, -0.1) is 0 Å². The van der Waals surface area contributed by atoms with E-state index in [0.717, 1.165) is 83.7 Å². The average molecular weight is 713 g/mol. The highest BCUT2D eigenvalue weighted by Crippen LogP contribution is 2.27. The standard InChI is InChI=1S/C37H54ClFN8O3/c1-2-50-34-5-3-4-31(39)30(34)25-45-18-20-47(21-19-45)37(49)35(40)26-8-13-44(14-9-26)15-10-27-22-28(38)6-7-32(27)43-29-23-33(42-24-29)36(48)46-16-11-41-12-17-46/h3-7,22,26,29,33,35,41-43H,2,8-21,23-25,40H2,1H3/t29-,33+,35-/m1/s1. The van der Waals surface area contributed by atoms with Crippen LogP contribution in [-0.4, -0.2) is 135 Å². The van der Waals surface area contributed by atoms with Gasteiger partial charge < -0.3 is 41.1 Å². The van der Waals surface area contributed by atoms with Crippen LogP contribution in [-0.2, 0) is 22.6 Å². The number of halogens is 2. The Kier molecular flexibility index (Phi) is 12.9. The third kappa shape index (κ3) is 9.26. The maximum absolute atomic E-state index is 14.6. The van der Waals surface area contributed by atoms with Crippen molar-refractivity contribution in [2.24, 2.45) is 11.7 Å². The molecule has 274 valence electrons. The van der Waals surface area contributed by atoms with Crippen molar-refractivity contribution < 1.29 is 18.7 Å². The summed E-state index contributed by atoms with van der Waals surface area (Å²) < 4.78 is 20.2. The SMILES string of the molecule is CCOc1cccc(F)c1CN1CCN(C(=O)[C@H](N)C2CCN(CCc3cc(Cl)ccc3N[C@H]3CN[C@H](C(=O)N4CCNCC4)C3)CC2)CC1. The number of piperidine rings is 1. The van der Waals surface area contributed by atoms with E-state index in [4.69, 9.17) is 22.1 Å². The number of nitrogens with zero attached hydrogens (tertiary/aromatic N) is 4. The van der Waals surface area contributed by atoms with Crippen LogP contribution in [0.2, 0.25) is 5.02 Å². The summed E-state index contributed by atoms with van der Waals surface area (Å²) in [6.07, 6.45) is 3.38. The van der Waals surface area contributed by atoms with Gasteiger partial charge in [0.1, 0.15) is 11.6 Å². The van der Waals surface area contributed by atoms with E-state index in [1.54, 1.807) is 6.07 Å². The smallest absolute Gasteiger partial charge is 0.239 e. The van der Waals surface area contributed by atoms with Crippen LogP contribution in [0.3, 0.4) is 0 Å². The Morgan fingerprint density at radius 1 is 1.02 bits per heavy atom. The maximum Gasteiger partial charge on any atom is 0.239 e. The zero-order valence-corrected chi connectivity index (χ0v) is 30.1. The maximum atomic E-state index is 14.6. The van der Waals surface area contributed by atoms with E-state index in [-0.39, 0.29) is 35.6 Å². The number of carbonyl (C=O) groups is 2. The molecule has 4 saturated heterocycles. The number of nitrogens with two attached hydrogens (primary N) is 1. The monoisotopic (exact) mass is 712 g/mol. The number of anilines is 1. The van der Waals surface area contributed by atoms with Crippen LogP contribution in [0, 0.1) is 11.7 Å². The molecule has 0 aromatic heterocycles. The molecular weight excluding hydrogens is 659 g/mol. The summed E-state index contributed by atoms with van der Waals surface area (Å²) in [6.45, 7) is 12.0. The van der Waals surface area contributed by atoms with Crippen LogP contribution < -0.4 is 26.4 Å². The fourth-order valence-corrected chi connectivity index (χ4v) is 8.02. The Labute approximate surface area is 301 Å². The summed E-state index contributed by atoms with van der Waals surface area (Å²) >= 11 is 6.44. The lowest BCUT2D eigenvalue weighted by Gasteiger charge is -2.39. The summed E-state index contributed by atoms with van der Waals surface area (Å²) in [5.74, 6) is 0.700. The van der Waals surface area contributed by atoms with Crippen LogP contribution in [0.25, 0.3) is 0 Å². The van der Waals surface area contributed by atoms with E-state index >= 15 is 0 Å². The first-order valence-corrected chi connectivity index (χ1v) is 18.8. The number of nitrogens with one attached hydrogen (secondary N) is 3. The van der Waals surface area contributed by atoms with Crippen LogP contribution in [0.5, 0.6) is 5.75 Å². The van der Waals surface area contributed by atoms with Gasteiger partial charge in [-0.05, 0) is 87.5 Å². The molecule has 0 bridgehead atoms. The summed E-state index contributed by atoms with van der Waals surface area (Å²) in [7, 11) is 0. The molecule has 4 aliphatic rings. The van der Waals surface area contributed by atoms with E-state index < -0.39 is 6.04 Å². The first-order valence-electron chi connectivity index (χ1n) is 18.5. The number of hydrogen-bond acceptors (Lipinski definition) is 9. The van der Waals surface area contributed by atoms with Gasteiger partial charge in [0.2, 0.25) is 11.8 Å². The highest BCUT2D eigenvalue weighted by atomic mass is 35.5. The molecule has 0 aliphatic carbocycles. The van der Waals surface area contributed by atoms with E-state index in [1.807, 2.05) is 34.9 Å². The van der Waals surface area contributed by atoms with Crippen molar-refractivity contribution in [1.29, 1.82) is 0 Å². The van der Waals surface area contributed by atoms with E-state index in [9.17, 15) is 14.0 Å². The third-order valence-electron chi connectivity index (χ3n) is 10.8. The highest BCUT2D eigenvalue weighted by molar-refractivity contribution is 6.30. The fourth-order valence-electron chi connectivity index (χ4n) is 7.83. The first kappa shape index (κ1) is 36.8. The molecule has 2 aromatic carbocycles. The van der Waals surface area contributed by atoms with Gasteiger partial charge in [-0.1, -0.05) is 17.7 Å². The summed E-state index contributed by atoms with van der Waals surface area (Å²) in [4.78, 5) is 34.9. The number of piperazine rings is 2. The molecule has 4 aliphatic heterocycles. The highest BCUT2D eigenvalue weighted by Gasteiger charge is 2.34. The topological polar surface area (TPSA) is 118 Å². The molecule has 5 N–H and O–H groups in total. The van der Waals surface area contributed by atoms with Crippen molar-refractivity contribution >= 4 is 29.1 Å². The molecule has 4 fully saturated rings. The Hall–Kier alpha value is -3.00. The predicted molar refractivity (Wildman–Crippen MR) is 195 cm³/mol. The normalized spacial score (nSPS) is 23.2. The van der Waals surface area contributed by atoms with Crippen molar-refractivity contribution in [1.82, 2.24) is 30.2 Å². The van der Waals surface area contributed by atoms with Crippen LogP contribution in [0.4, 0.5) is 10.1 Å². The average Bonchev–Trinajstić information content (AvgIpc) is 3.61. The van der Waals surface area contributed by atoms with Gasteiger partial charge in [0.25, 0.3) is 0 Å². The lowest BCUT2D eigenvalue weighted by atomic mass is 9.88. The van der Waals surface area contributed by atoms with Crippen LogP contribution in [0.15, 0.2) is 36.4 Å². The predicted octanol–water partition coefficient (Wildman–Crippen LogP) is 2.38. The van der Waals surface area contributed by atoms with E-state index in [2.05, 4.69) is 31.8 Å². The van der Waals surface area contributed by atoms with Gasteiger partial charge in [-0.3, -0.25) is 14.5 Å². The van der Waals surface area contributed by atoms with Gasteiger partial charge in [-0.25, -0.2) is 4.39 Å². The number of carbonyl (C=O) groups excluding carboxylic acids is 2. The van der Waals surface area contributed by atoms with Gasteiger partial charge in [0.05, 0.1) is 18.7 Å². The summed E-state index contributed by atoms with van der Waals surface area (Å²) in [5.41, 5.74) is 9.42. The molecule has 6 rings (SSSR count). The second-order valence-electron chi connectivity index (χ2n) is 14.1. The van der Waals surface area contributed by atoms with Gasteiger partial charge in [0, 0.05) is 94.3 Å². The van der Waals surface area contributed by atoms with Crippen molar-refractivity contribution in [2.45, 2.75) is 57.3 Å². The van der Waals surface area contributed by atoms with Gasteiger partial charge in [0.15, 0.2) is 0 Å². The minimum absolute atomic E-state index is 0.0249. The fraction of sp³-hybridized carbons (Fsp3) is 0.622. The zero-order valence-electron chi connectivity index (χ0n) is 29.3. The van der Waals surface area contributed by atoms with Crippen molar-refractivity contribution in [2.75, 3.05) is 90.5 Å². The van der Waals surface area contributed by atoms with Crippen LogP contribution in [0.1, 0.15) is 37.3 Å². The summed E-state index contributed by atoms with van der Waals surface area (Å²) in [5, 5.41) is 11.2. The number of benzene rings is 2. The third-order valence-corrected chi connectivity index (χ3v) is 11.1. The number of rotatable bonds is 12. The van der Waals surface area contributed by atoms with Gasteiger partial charge >= 0.3 is 0 Å². The van der Waals surface area contributed by atoms with E-state index in [0.29, 0.717) is 55.7 Å². The molecule has 0 unspecified atom stereocenters. The Morgan fingerprint density at radius 3 is 2.52 bits per heavy atom. The quantitative estimate of drug-likeness (QED) is 0.263. The van der Waals surface area contributed by atoms with Crippen molar-refractivity contribution in [3.63, 3.8) is 0 Å². The number of likely N-dealkylation sites (tertiary alicyclic amines) is 1. The molecule has 11 nitrogen and oxygen atoms in total. The minimum Gasteiger partial charge on any atom is -0.493 e. The second-order valence-corrected chi connectivity index (χ2v) is 14.6. The molecule has 0 spiro atoms.